The molecule has 0 fully saturated rings. The van der Waals surface area contributed by atoms with Crippen LogP contribution in [0.2, 0.25) is 6.04 Å². The molecule has 7 heteroatoms. The van der Waals surface area contributed by atoms with Crippen molar-refractivity contribution in [2.45, 2.75) is 24.9 Å². The van der Waals surface area contributed by atoms with Gasteiger partial charge in [-0.1, -0.05) is 13.3 Å². The van der Waals surface area contributed by atoms with E-state index in [1.165, 1.54) is 12.5 Å². The normalized spacial score (nSPS) is 13.0. The Morgan fingerprint density at radius 3 is 1.73 bits per heavy atom. The van der Waals surface area contributed by atoms with E-state index >= 15 is 0 Å². The fourth-order valence-corrected chi connectivity index (χ4v) is 2.02. The molecule has 94 valence electrons. The molecule has 0 amide bonds. The Balaban J connectivity index is 0. The lowest BCUT2D eigenvalue weighted by atomic mass is 10.1. The van der Waals surface area contributed by atoms with Gasteiger partial charge < -0.3 is 25.5 Å². The van der Waals surface area contributed by atoms with Gasteiger partial charge in [0.05, 0.1) is 25.4 Å². The minimum absolute atomic E-state index is 0.403. The molecule has 0 saturated heterocycles. The van der Waals surface area contributed by atoms with Crippen LogP contribution >= 0.6 is 12.1 Å². The van der Waals surface area contributed by atoms with Crippen LogP contribution < -0.4 is 5.73 Å². The third-order valence-corrected chi connectivity index (χ3v) is 4.77. The van der Waals surface area contributed by atoms with Gasteiger partial charge in [0, 0.05) is 7.11 Å². The van der Waals surface area contributed by atoms with E-state index in [1.807, 2.05) is 0 Å². The Labute approximate surface area is 98.0 Å². The van der Waals surface area contributed by atoms with Crippen molar-refractivity contribution in [2.75, 3.05) is 26.9 Å². The lowest BCUT2D eigenvalue weighted by molar-refractivity contribution is 0.0698. The van der Waals surface area contributed by atoms with E-state index in [1.54, 1.807) is 7.11 Å². The molecule has 0 rings (SSSR count). The van der Waals surface area contributed by atoms with Crippen molar-refractivity contribution in [3.8, 4) is 0 Å². The second-order valence-corrected chi connectivity index (χ2v) is 7.00. The molecule has 5 N–H and O–H groups in total. The zero-order valence-corrected chi connectivity index (χ0v) is 11.4. The fourth-order valence-electron chi connectivity index (χ4n) is 0.515. The molecule has 0 saturated carbocycles. The van der Waals surface area contributed by atoms with E-state index in [4.69, 9.17) is 25.5 Å². The third-order valence-electron chi connectivity index (χ3n) is 1.75. The van der Waals surface area contributed by atoms with Gasteiger partial charge in [-0.05, 0) is 6.04 Å². The highest BCUT2D eigenvalue weighted by atomic mass is 32.3. The summed E-state index contributed by atoms with van der Waals surface area (Å²) in [6, 6.07) is 1.18. The second kappa shape index (κ2) is 10.9. The third kappa shape index (κ3) is 10.6. The molecule has 1 atom stereocenters. The van der Waals surface area contributed by atoms with Crippen LogP contribution in [0, 0.1) is 0 Å². The number of aliphatic hydroxyl groups excluding tert-OH is 3. The molecule has 0 spiro atoms. The van der Waals surface area contributed by atoms with Crippen LogP contribution in [-0.2, 0) is 4.43 Å². The van der Waals surface area contributed by atoms with E-state index in [0.29, 0.717) is 0 Å². The summed E-state index contributed by atoms with van der Waals surface area (Å²) in [5.74, 6) is 0. The molecule has 0 radical (unpaired) electrons. The molecular formula is C8H23NO4SSi. The van der Waals surface area contributed by atoms with Gasteiger partial charge >= 0.3 is 0 Å². The molecule has 15 heavy (non-hydrogen) atoms. The molecule has 0 aliphatic carbocycles. The maximum absolute atomic E-state index is 8.34. The van der Waals surface area contributed by atoms with E-state index in [9.17, 15) is 0 Å². The zero-order chi connectivity index (χ0) is 12.3. The quantitative estimate of drug-likeness (QED) is 0.306. The molecule has 0 aromatic carbocycles. The van der Waals surface area contributed by atoms with Crippen LogP contribution in [0.4, 0.5) is 0 Å². The summed E-state index contributed by atoms with van der Waals surface area (Å²) in [7, 11) is 0.749. The van der Waals surface area contributed by atoms with Gasteiger partial charge in [-0.3, -0.25) is 0 Å². The Morgan fingerprint density at radius 1 is 1.27 bits per heavy atom. The summed E-state index contributed by atoms with van der Waals surface area (Å²) in [5.41, 5.74) is 3.94. The Kier molecular flexibility index (Phi) is 12.9. The fraction of sp³-hybridized carbons (Fsp3) is 1.00. The van der Waals surface area contributed by atoms with Gasteiger partial charge in [0.15, 0.2) is 0 Å². The lowest BCUT2D eigenvalue weighted by Gasteiger charge is -2.20. The molecular weight excluding hydrogens is 234 g/mol. The van der Waals surface area contributed by atoms with Crippen molar-refractivity contribution in [3.05, 3.63) is 0 Å². The molecule has 0 aliphatic heterocycles. The van der Waals surface area contributed by atoms with Crippen LogP contribution in [0.1, 0.15) is 13.3 Å². The van der Waals surface area contributed by atoms with Crippen LogP contribution in [-0.4, -0.2) is 56.0 Å². The first kappa shape index (κ1) is 17.8. The average molecular weight is 257 g/mol. The summed E-state index contributed by atoms with van der Waals surface area (Å²) in [6.07, 6.45) is 1.20. The van der Waals surface area contributed by atoms with E-state index in [0.717, 1.165) is 0 Å². The maximum Gasteiger partial charge on any atom is 0.234 e. The highest BCUT2D eigenvalue weighted by Gasteiger charge is 2.20. The first-order valence-electron chi connectivity index (χ1n) is 4.82. The molecule has 0 bridgehead atoms. The number of hydrogen-bond acceptors (Lipinski definition) is 6. The topological polar surface area (TPSA) is 95.9 Å². The Bertz CT molecular complexity index is 130. The Hall–Kier alpha value is 0.367. The number of hydrogen-bond donors (Lipinski definition) is 5. The first-order chi connectivity index (χ1) is 6.99. The molecule has 0 heterocycles. The van der Waals surface area contributed by atoms with Crippen molar-refractivity contribution in [1.82, 2.24) is 0 Å². The number of thiol groups is 1. The van der Waals surface area contributed by atoms with Crippen molar-refractivity contribution in [1.29, 1.82) is 0 Å². The average Bonchev–Trinajstić information content (AvgIpc) is 2.29. The second-order valence-electron chi connectivity index (χ2n) is 3.32. The van der Waals surface area contributed by atoms with E-state index in [-0.39, 0.29) is 0 Å². The summed E-state index contributed by atoms with van der Waals surface area (Å²) in [4.78, 5) is 0. The monoisotopic (exact) mass is 257 g/mol. The summed E-state index contributed by atoms with van der Waals surface area (Å²) < 4.78 is 4.99. The summed E-state index contributed by atoms with van der Waals surface area (Å²) in [5, 5.41) is 25.0. The predicted octanol–water partition coefficient (Wildman–Crippen LogP) is -1.15. The van der Waals surface area contributed by atoms with Crippen molar-refractivity contribution < 1.29 is 19.7 Å². The van der Waals surface area contributed by atoms with Crippen LogP contribution in [0.15, 0.2) is 0 Å². The molecule has 5 nitrogen and oxygen atoms in total. The smallest absolute Gasteiger partial charge is 0.234 e. The highest BCUT2D eigenvalue weighted by molar-refractivity contribution is 8.09. The minimum atomic E-state index is -1.21. The van der Waals surface area contributed by atoms with Gasteiger partial charge in [0.1, 0.15) is 0 Å². The predicted molar refractivity (Wildman–Crippen MR) is 66.4 cm³/mol. The zero-order valence-electron chi connectivity index (χ0n) is 9.39. The first-order valence-corrected chi connectivity index (χ1v) is 8.17. The van der Waals surface area contributed by atoms with Crippen molar-refractivity contribution in [2.24, 2.45) is 5.73 Å². The maximum atomic E-state index is 8.34. The van der Waals surface area contributed by atoms with Crippen LogP contribution in [0.25, 0.3) is 0 Å². The van der Waals surface area contributed by atoms with Gasteiger partial charge in [-0.15, -0.1) is 0 Å². The van der Waals surface area contributed by atoms with E-state index < -0.39 is 33.5 Å². The van der Waals surface area contributed by atoms with Crippen LogP contribution in [0.3, 0.4) is 0 Å². The van der Waals surface area contributed by atoms with Crippen LogP contribution in [0.5, 0.6) is 0 Å². The summed E-state index contributed by atoms with van der Waals surface area (Å²) in [6.45, 7) is 0.940. The molecule has 1 unspecified atom stereocenters. The Morgan fingerprint density at radius 2 is 1.67 bits per heavy atom. The van der Waals surface area contributed by atoms with Gasteiger partial charge in [-0.25, -0.2) is 0 Å². The largest absolute Gasteiger partial charge is 0.413 e. The number of aliphatic hydroxyl groups is 3. The minimum Gasteiger partial charge on any atom is -0.413 e. The van der Waals surface area contributed by atoms with Gasteiger partial charge in [0.2, 0.25) is 8.19 Å². The molecule has 0 aromatic heterocycles. The van der Waals surface area contributed by atoms with E-state index in [2.05, 4.69) is 19.0 Å². The molecule has 0 aromatic rings. The molecule has 0 aliphatic rings. The highest BCUT2D eigenvalue weighted by Crippen LogP contribution is 1.99. The lowest BCUT2D eigenvalue weighted by Crippen LogP contribution is -2.50. The standard InChI is InChI=1S/C4H11NO3.C4H12OSSi/c5-4(1-6,2-7)3-8;1-3-4-7(6)5-2/h6-8H,1-3,5H2;6-7H,3-4H2,1-2H3. The SMILES string of the molecule is CCC[SiH](S)OC.NC(CO)(CO)CO. The van der Waals surface area contributed by atoms with Gasteiger partial charge in [0.25, 0.3) is 0 Å². The number of rotatable bonds is 6. The number of nitrogens with two attached hydrogens (primary N) is 1. The van der Waals surface area contributed by atoms with Crippen molar-refractivity contribution in [3.63, 3.8) is 0 Å². The summed E-state index contributed by atoms with van der Waals surface area (Å²) >= 11 is 4.23. The van der Waals surface area contributed by atoms with Gasteiger partial charge in [-0.2, -0.15) is 12.1 Å². The van der Waals surface area contributed by atoms with Crippen molar-refractivity contribution >= 4 is 20.3 Å².